The summed E-state index contributed by atoms with van der Waals surface area (Å²) in [7, 11) is 0. The third kappa shape index (κ3) is 4.30. The Balaban J connectivity index is 2.04. The number of halogens is 1. The number of carbonyl (C=O) groups excluding carboxylic acids is 1. The maximum absolute atomic E-state index is 14.0. The second-order valence-corrected chi connectivity index (χ2v) is 7.91. The molecule has 0 aliphatic rings. The number of benzene rings is 1. The van der Waals surface area contributed by atoms with Crippen molar-refractivity contribution in [3.05, 3.63) is 35.5 Å². The summed E-state index contributed by atoms with van der Waals surface area (Å²) < 4.78 is 14.0. The minimum Gasteiger partial charge on any atom is -0.387 e. The molecule has 0 radical (unpaired) electrons. The predicted molar refractivity (Wildman–Crippen MR) is 111 cm³/mol. The lowest BCUT2D eigenvalue weighted by molar-refractivity contribution is -0.00180. The number of aliphatic hydroxyl groups is 1. The van der Waals surface area contributed by atoms with E-state index in [1.165, 1.54) is 13.8 Å². The van der Waals surface area contributed by atoms with Crippen LogP contribution < -0.4 is 10.6 Å². The number of fused-ring (bicyclic) bond motifs is 3. The first-order valence-corrected chi connectivity index (χ1v) is 9.38. The molecule has 0 bridgehead atoms. The highest BCUT2D eigenvalue weighted by Crippen LogP contribution is 2.32. The van der Waals surface area contributed by atoms with Crippen molar-refractivity contribution in [3.8, 4) is 6.07 Å². The standard InChI is InChI=1S/C21H24FN5O2/c1-11(2)25-15-8-16(20(28)24-10-17(22)21(3,4)29)27-19-18(15)13-7-12(9-23)5-6-14(13)26-19/h5-8,11,17,29H,10H2,1-4H3,(H,24,28)(H2,25,26,27)/t17-/m1/s1. The topological polar surface area (TPSA) is 114 Å². The van der Waals surface area contributed by atoms with Crippen LogP contribution in [0.15, 0.2) is 24.3 Å². The summed E-state index contributed by atoms with van der Waals surface area (Å²) in [5.41, 5.74) is 1.07. The molecular weight excluding hydrogens is 373 g/mol. The van der Waals surface area contributed by atoms with Crippen molar-refractivity contribution in [3.63, 3.8) is 0 Å². The molecule has 1 amide bonds. The average molecular weight is 397 g/mol. The van der Waals surface area contributed by atoms with E-state index in [0.717, 1.165) is 16.3 Å². The fraction of sp³-hybridized carbons (Fsp3) is 0.381. The van der Waals surface area contributed by atoms with Crippen molar-refractivity contribution < 1.29 is 14.3 Å². The number of carbonyl (C=O) groups is 1. The summed E-state index contributed by atoms with van der Waals surface area (Å²) in [5, 5.41) is 26.3. The van der Waals surface area contributed by atoms with Gasteiger partial charge in [-0.3, -0.25) is 4.79 Å². The molecule has 152 valence electrons. The number of rotatable bonds is 6. The monoisotopic (exact) mass is 397 g/mol. The molecule has 0 saturated heterocycles. The largest absolute Gasteiger partial charge is 0.387 e. The Morgan fingerprint density at radius 3 is 2.72 bits per heavy atom. The van der Waals surface area contributed by atoms with Gasteiger partial charge in [0.1, 0.15) is 17.5 Å². The Labute approximate surface area is 167 Å². The quantitative estimate of drug-likeness (QED) is 0.510. The van der Waals surface area contributed by atoms with E-state index in [0.29, 0.717) is 16.9 Å². The van der Waals surface area contributed by atoms with E-state index in [2.05, 4.69) is 26.7 Å². The predicted octanol–water partition coefficient (Wildman–Crippen LogP) is 3.25. The third-order valence-corrected chi connectivity index (χ3v) is 4.58. The lowest BCUT2D eigenvalue weighted by atomic mass is 10.0. The van der Waals surface area contributed by atoms with Gasteiger partial charge in [0.15, 0.2) is 0 Å². The highest BCUT2D eigenvalue weighted by molar-refractivity contribution is 6.13. The lowest BCUT2D eigenvalue weighted by Gasteiger charge is -2.22. The molecule has 1 atom stereocenters. The highest BCUT2D eigenvalue weighted by atomic mass is 19.1. The molecule has 2 heterocycles. The SMILES string of the molecule is CC(C)Nc1cc(C(=O)NC[C@@H](F)C(C)(C)O)nc2[nH]c3ccc(C#N)cc3c12. The van der Waals surface area contributed by atoms with Gasteiger partial charge in [0.25, 0.3) is 5.91 Å². The van der Waals surface area contributed by atoms with Gasteiger partial charge in [-0.05, 0) is 52.0 Å². The molecule has 0 aliphatic carbocycles. The van der Waals surface area contributed by atoms with Crippen molar-refractivity contribution >= 4 is 33.5 Å². The van der Waals surface area contributed by atoms with Crippen molar-refractivity contribution in [1.29, 1.82) is 5.26 Å². The van der Waals surface area contributed by atoms with Gasteiger partial charge in [0.2, 0.25) is 0 Å². The summed E-state index contributed by atoms with van der Waals surface area (Å²) >= 11 is 0. The van der Waals surface area contributed by atoms with E-state index < -0.39 is 17.7 Å². The average Bonchev–Trinajstić information content (AvgIpc) is 3.02. The molecule has 4 N–H and O–H groups in total. The summed E-state index contributed by atoms with van der Waals surface area (Å²) in [5.74, 6) is -0.540. The zero-order chi connectivity index (χ0) is 21.3. The van der Waals surface area contributed by atoms with Crippen molar-refractivity contribution in [1.82, 2.24) is 15.3 Å². The smallest absolute Gasteiger partial charge is 0.270 e. The van der Waals surface area contributed by atoms with Crippen LogP contribution >= 0.6 is 0 Å². The fourth-order valence-electron chi connectivity index (χ4n) is 3.03. The van der Waals surface area contributed by atoms with Crippen LogP contribution in [0.1, 0.15) is 43.7 Å². The van der Waals surface area contributed by atoms with E-state index in [1.807, 2.05) is 13.8 Å². The first-order valence-electron chi connectivity index (χ1n) is 9.38. The van der Waals surface area contributed by atoms with Crippen LogP contribution in [0.2, 0.25) is 0 Å². The maximum atomic E-state index is 14.0. The summed E-state index contributed by atoms with van der Waals surface area (Å²) in [6.45, 7) is 6.31. The Kier molecular flexibility index (Phi) is 5.44. The molecule has 0 fully saturated rings. The number of hydrogen-bond acceptors (Lipinski definition) is 5. The molecule has 3 aromatic rings. The van der Waals surface area contributed by atoms with Gasteiger partial charge in [0.05, 0.1) is 23.8 Å². The molecule has 7 nitrogen and oxygen atoms in total. The first kappa shape index (κ1) is 20.6. The number of alkyl halides is 1. The third-order valence-electron chi connectivity index (χ3n) is 4.58. The Morgan fingerprint density at radius 1 is 1.38 bits per heavy atom. The Bertz CT molecular complexity index is 1110. The number of nitrogens with one attached hydrogen (secondary N) is 3. The molecule has 0 saturated carbocycles. The van der Waals surface area contributed by atoms with Gasteiger partial charge >= 0.3 is 0 Å². The van der Waals surface area contributed by atoms with Gasteiger partial charge in [-0.15, -0.1) is 0 Å². The molecule has 8 heteroatoms. The van der Waals surface area contributed by atoms with Gasteiger partial charge in [0, 0.05) is 28.0 Å². The summed E-state index contributed by atoms with van der Waals surface area (Å²) in [4.78, 5) is 20.1. The lowest BCUT2D eigenvalue weighted by Crippen LogP contribution is -2.42. The number of anilines is 1. The molecule has 29 heavy (non-hydrogen) atoms. The molecule has 3 rings (SSSR count). The van der Waals surface area contributed by atoms with Gasteiger partial charge in [-0.2, -0.15) is 5.26 Å². The normalized spacial score (nSPS) is 12.9. The van der Waals surface area contributed by atoms with Crippen LogP contribution in [0, 0.1) is 11.3 Å². The number of hydrogen-bond donors (Lipinski definition) is 4. The number of nitriles is 1. The van der Waals surface area contributed by atoms with E-state index in [4.69, 9.17) is 0 Å². The zero-order valence-electron chi connectivity index (χ0n) is 16.8. The van der Waals surface area contributed by atoms with Crippen LogP contribution in [0.25, 0.3) is 21.9 Å². The highest BCUT2D eigenvalue weighted by Gasteiger charge is 2.27. The van der Waals surface area contributed by atoms with Crippen LogP contribution in [0.3, 0.4) is 0 Å². The van der Waals surface area contributed by atoms with Crippen LogP contribution in [0.4, 0.5) is 10.1 Å². The Morgan fingerprint density at radius 2 is 2.10 bits per heavy atom. The molecule has 2 aromatic heterocycles. The minimum atomic E-state index is -1.61. The molecule has 0 aliphatic heterocycles. The number of aromatic amines is 1. The van der Waals surface area contributed by atoms with Crippen molar-refractivity contribution in [2.75, 3.05) is 11.9 Å². The number of pyridine rings is 1. The second-order valence-electron chi connectivity index (χ2n) is 7.91. The van der Waals surface area contributed by atoms with E-state index >= 15 is 0 Å². The maximum Gasteiger partial charge on any atom is 0.270 e. The second kappa shape index (κ2) is 7.68. The number of aromatic nitrogens is 2. The Hall–Kier alpha value is -3.18. The summed E-state index contributed by atoms with van der Waals surface area (Å²) in [6.07, 6.45) is -1.61. The minimum absolute atomic E-state index is 0.0889. The fourth-order valence-corrected chi connectivity index (χ4v) is 3.03. The van der Waals surface area contributed by atoms with E-state index in [9.17, 15) is 19.6 Å². The van der Waals surface area contributed by atoms with Gasteiger partial charge < -0.3 is 20.7 Å². The van der Waals surface area contributed by atoms with Gasteiger partial charge in [-0.1, -0.05) is 0 Å². The van der Waals surface area contributed by atoms with Crippen molar-refractivity contribution in [2.24, 2.45) is 0 Å². The molecular formula is C21H24FN5O2. The van der Waals surface area contributed by atoms with Crippen LogP contribution in [-0.4, -0.2) is 45.3 Å². The molecule has 0 unspecified atom stereocenters. The van der Waals surface area contributed by atoms with Crippen molar-refractivity contribution in [2.45, 2.75) is 45.5 Å². The number of nitrogens with zero attached hydrogens (tertiary/aromatic N) is 2. The first-order chi connectivity index (χ1) is 13.6. The molecule has 0 spiro atoms. The van der Waals surface area contributed by atoms with E-state index in [-0.39, 0.29) is 18.3 Å². The number of amides is 1. The molecule has 1 aromatic carbocycles. The van der Waals surface area contributed by atoms with Crippen LogP contribution in [-0.2, 0) is 0 Å². The summed E-state index contributed by atoms with van der Waals surface area (Å²) in [6, 6.07) is 9.11. The van der Waals surface area contributed by atoms with Crippen LogP contribution in [0.5, 0.6) is 0 Å². The zero-order valence-corrected chi connectivity index (χ0v) is 16.8. The van der Waals surface area contributed by atoms with Gasteiger partial charge in [-0.25, -0.2) is 9.37 Å². The van der Waals surface area contributed by atoms with E-state index in [1.54, 1.807) is 24.3 Å². The number of H-pyrrole nitrogens is 1.